The highest BCUT2D eigenvalue weighted by molar-refractivity contribution is 7.89. The molecule has 0 radical (unpaired) electrons. The van der Waals surface area contributed by atoms with Crippen LogP contribution in [-0.2, 0) is 14.8 Å². The molecule has 6 heteroatoms. The first kappa shape index (κ1) is 14.9. The topological polar surface area (TPSA) is 72.6 Å². The zero-order chi connectivity index (χ0) is 12.7. The molecular formula is C11H24N2O3S. The fraction of sp³-hybridized carbons (Fsp3) is 1.00. The van der Waals surface area contributed by atoms with Crippen LogP contribution in [0.25, 0.3) is 0 Å². The van der Waals surface area contributed by atoms with Crippen molar-refractivity contribution >= 4 is 10.0 Å². The van der Waals surface area contributed by atoms with Crippen LogP contribution in [0.1, 0.15) is 32.6 Å². The molecule has 2 N–H and O–H groups in total. The molecule has 0 aromatic heterocycles. The minimum absolute atomic E-state index is 0.114. The van der Waals surface area contributed by atoms with Crippen LogP contribution < -0.4 is 5.73 Å². The van der Waals surface area contributed by atoms with Gasteiger partial charge in [0.15, 0.2) is 0 Å². The quantitative estimate of drug-likeness (QED) is 0.695. The average Bonchev–Trinajstić information content (AvgIpc) is 2.75. The number of rotatable bonds is 8. The summed E-state index contributed by atoms with van der Waals surface area (Å²) in [7, 11) is -3.19. The Morgan fingerprint density at radius 1 is 1.41 bits per heavy atom. The fourth-order valence-corrected chi connectivity index (χ4v) is 3.83. The van der Waals surface area contributed by atoms with Gasteiger partial charge >= 0.3 is 0 Å². The highest BCUT2D eigenvalue weighted by Gasteiger charge is 2.27. The van der Waals surface area contributed by atoms with E-state index in [1.165, 1.54) is 0 Å². The maximum absolute atomic E-state index is 12.2. The second-order valence-electron chi connectivity index (χ2n) is 4.45. The van der Waals surface area contributed by atoms with E-state index >= 15 is 0 Å². The summed E-state index contributed by atoms with van der Waals surface area (Å²) in [5.41, 5.74) is 5.43. The summed E-state index contributed by atoms with van der Waals surface area (Å²) < 4.78 is 31.3. The summed E-state index contributed by atoms with van der Waals surface area (Å²) in [6.07, 6.45) is 3.25. The lowest BCUT2D eigenvalue weighted by atomic mass is 10.3. The molecule has 1 saturated heterocycles. The lowest BCUT2D eigenvalue weighted by Crippen LogP contribution is -2.38. The predicted molar refractivity (Wildman–Crippen MR) is 68.3 cm³/mol. The summed E-state index contributed by atoms with van der Waals surface area (Å²) in [4.78, 5) is 0. The SMILES string of the molecule is CCCN(CCCN)S(=O)(=O)CC1CCCO1. The van der Waals surface area contributed by atoms with E-state index in [4.69, 9.17) is 10.5 Å². The third-order valence-electron chi connectivity index (χ3n) is 2.90. The van der Waals surface area contributed by atoms with Crippen LogP contribution in [0.2, 0.25) is 0 Å². The molecule has 0 aliphatic carbocycles. The van der Waals surface area contributed by atoms with Gasteiger partial charge in [0.25, 0.3) is 0 Å². The Balaban J connectivity index is 2.55. The highest BCUT2D eigenvalue weighted by atomic mass is 32.2. The van der Waals surface area contributed by atoms with Gasteiger partial charge in [-0.25, -0.2) is 12.7 Å². The first-order valence-corrected chi connectivity index (χ1v) is 8.00. The van der Waals surface area contributed by atoms with Gasteiger partial charge < -0.3 is 10.5 Å². The predicted octanol–water partition coefficient (Wildman–Crippen LogP) is 0.556. The van der Waals surface area contributed by atoms with Crippen molar-refractivity contribution in [3.8, 4) is 0 Å². The van der Waals surface area contributed by atoms with Crippen LogP contribution >= 0.6 is 0 Å². The van der Waals surface area contributed by atoms with Crippen molar-refractivity contribution in [3.05, 3.63) is 0 Å². The second kappa shape index (κ2) is 7.31. The molecule has 1 fully saturated rings. The molecule has 1 aliphatic rings. The van der Waals surface area contributed by atoms with E-state index in [2.05, 4.69) is 0 Å². The largest absolute Gasteiger partial charge is 0.377 e. The molecule has 5 nitrogen and oxygen atoms in total. The Bertz CT molecular complexity index is 300. The van der Waals surface area contributed by atoms with E-state index in [9.17, 15) is 8.42 Å². The van der Waals surface area contributed by atoms with Crippen molar-refractivity contribution in [1.29, 1.82) is 0 Å². The Kier molecular flexibility index (Phi) is 6.40. The maximum Gasteiger partial charge on any atom is 0.216 e. The summed E-state index contributed by atoms with van der Waals surface area (Å²) in [5.74, 6) is 0.123. The number of hydrogen-bond donors (Lipinski definition) is 1. The summed E-state index contributed by atoms with van der Waals surface area (Å²) >= 11 is 0. The van der Waals surface area contributed by atoms with Crippen LogP contribution in [-0.4, -0.2) is 50.8 Å². The zero-order valence-electron chi connectivity index (χ0n) is 10.6. The van der Waals surface area contributed by atoms with Gasteiger partial charge in [-0.05, 0) is 32.2 Å². The second-order valence-corrected chi connectivity index (χ2v) is 6.47. The molecule has 1 heterocycles. The van der Waals surface area contributed by atoms with Gasteiger partial charge in [0.1, 0.15) is 0 Å². The molecule has 0 aromatic carbocycles. The Morgan fingerprint density at radius 2 is 2.18 bits per heavy atom. The molecule has 0 spiro atoms. The lowest BCUT2D eigenvalue weighted by Gasteiger charge is -2.23. The van der Waals surface area contributed by atoms with Crippen LogP contribution in [0.4, 0.5) is 0 Å². The number of nitrogens with zero attached hydrogens (tertiary/aromatic N) is 1. The van der Waals surface area contributed by atoms with Gasteiger partial charge in [-0.1, -0.05) is 6.92 Å². The molecule has 1 aliphatic heterocycles. The average molecular weight is 264 g/mol. The highest BCUT2D eigenvalue weighted by Crippen LogP contribution is 2.16. The molecule has 1 atom stereocenters. The third-order valence-corrected chi connectivity index (χ3v) is 4.84. The van der Waals surface area contributed by atoms with Crippen molar-refractivity contribution in [2.75, 3.05) is 32.0 Å². The van der Waals surface area contributed by atoms with Gasteiger partial charge in [0, 0.05) is 19.7 Å². The van der Waals surface area contributed by atoms with E-state index in [0.29, 0.717) is 32.7 Å². The fourth-order valence-electron chi connectivity index (χ4n) is 2.02. The van der Waals surface area contributed by atoms with E-state index in [-0.39, 0.29) is 11.9 Å². The number of sulfonamides is 1. The molecule has 102 valence electrons. The molecule has 1 unspecified atom stereocenters. The zero-order valence-corrected chi connectivity index (χ0v) is 11.4. The summed E-state index contributed by atoms with van der Waals surface area (Å²) in [6, 6.07) is 0. The van der Waals surface area contributed by atoms with Crippen molar-refractivity contribution in [3.63, 3.8) is 0 Å². The molecule has 0 amide bonds. The van der Waals surface area contributed by atoms with E-state index in [0.717, 1.165) is 19.3 Å². The van der Waals surface area contributed by atoms with Crippen LogP contribution in [0, 0.1) is 0 Å². The first-order valence-electron chi connectivity index (χ1n) is 6.39. The first-order chi connectivity index (χ1) is 8.10. The number of nitrogens with two attached hydrogens (primary N) is 1. The molecule has 1 rings (SSSR count). The monoisotopic (exact) mass is 264 g/mol. The molecular weight excluding hydrogens is 240 g/mol. The van der Waals surface area contributed by atoms with Gasteiger partial charge in [0.05, 0.1) is 11.9 Å². The molecule has 17 heavy (non-hydrogen) atoms. The Morgan fingerprint density at radius 3 is 2.71 bits per heavy atom. The lowest BCUT2D eigenvalue weighted by molar-refractivity contribution is 0.126. The van der Waals surface area contributed by atoms with Gasteiger partial charge in [-0.2, -0.15) is 0 Å². The van der Waals surface area contributed by atoms with E-state index < -0.39 is 10.0 Å². The van der Waals surface area contributed by atoms with Crippen molar-refractivity contribution in [2.24, 2.45) is 5.73 Å². The van der Waals surface area contributed by atoms with E-state index in [1.807, 2.05) is 6.92 Å². The normalized spacial score (nSPS) is 21.2. The standard InChI is InChI=1S/C11H24N2O3S/c1-2-7-13(8-4-6-12)17(14,15)10-11-5-3-9-16-11/h11H,2-10,12H2,1H3. The van der Waals surface area contributed by atoms with Gasteiger partial charge in [0.2, 0.25) is 10.0 Å². The smallest absolute Gasteiger partial charge is 0.216 e. The van der Waals surface area contributed by atoms with Gasteiger partial charge in [-0.15, -0.1) is 0 Å². The Labute approximate surface area is 104 Å². The van der Waals surface area contributed by atoms with Crippen molar-refractivity contribution in [1.82, 2.24) is 4.31 Å². The molecule has 0 aromatic rings. The summed E-state index contributed by atoms with van der Waals surface area (Å²) in [5, 5.41) is 0. The minimum Gasteiger partial charge on any atom is -0.377 e. The van der Waals surface area contributed by atoms with Gasteiger partial charge in [-0.3, -0.25) is 0 Å². The summed E-state index contributed by atoms with van der Waals surface area (Å²) in [6.45, 7) is 4.30. The van der Waals surface area contributed by atoms with Crippen LogP contribution in [0.15, 0.2) is 0 Å². The number of ether oxygens (including phenoxy) is 1. The maximum atomic E-state index is 12.2. The van der Waals surface area contributed by atoms with Crippen molar-refractivity contribution in [2.45, 2.75) is 38.7 Å². The third kappa shape index (κ3) is 4.91. The molecule has 0 bridgehead atoms. The Hall–Kier alpha value is -0.170. The van der Waals surface area contributed by atoms with Crippen LogP contribution in [0.3, 0.4) is 0 Å². The minimum atomic E-state index is -3.19. The van der Waals surface area contributed by atoms with Crippen molar-refractivity contribution < 1.29 is 13.2 Å². The van der Waals surface area contributed by atoms with Crippen LogP contribution in [0.5, 0.6) is 0 Å². The number of hydrogen-bond acceptors (Lipinski definition) is 4. The van der Waals surface area contributed by atoms with E-state index in [1.54, 1.807) is 4.31 Å². The molecule has 0 saturated carbocycles.